The van der Waals surface area contributed by atoms with E-state index in [1.807, 2.05) is 67.6 Å². The third-order valence-corrected chi connectivity index (χ3v) is 7.48. The van der Waals surface area contributed by atoms with Gasteiger partial charge in [0.15, 0.2) is 0 Å². The van der Waals surface area contributed by atoms with E-state index in [1.165, 1.54) is 5.56 Å². The van der Waals surface area contributed by atoms with Crippen LogP contribution in [0.1, 0.15) is 39.9 Å². The van der Waals surface area contributed by atoms with E-state index in [9.17, 15) is 8.42 Å². The van der Waals surface area contributed by atoms with Crippen molar-refractivity contribution in [3.63, 3.8) is 0 Å². The van der Waals surface area contributed by atoms with Crippen LogP contribution in [-0.4, -0.2) is 21.6 Å². The average molecular weight is 649 g/mol. The molecule has 8 heteroatoms. The first-order valence-corrected chi connectivity index (χ1v) is 13.8. The van der Waals surface area contributed by atoms with Gasteiger partial charge in [-0.15, -0.1) is 18.6 Å². The van der Waals surface area contributed by atoms with Crippen molar-refractivity contribution in [3.05, 3.63) is 147 Å². The molecule has 4 aromatic carbocycles. The van der Waals surface area contributed by atoms with Crippen molar-refractivity contribution in [2.45, 2.75) is 37.4 Å². The van der Waals surface area contributed by atoms with Gasteiger partial charge in [0.25, 0.3) is 0 Å². The van der Waals surface area contributed by atoms with Crippen LogP contribution in [0.4, 0.5) is 0 Å². The number of sulfonamides is 1. The molecule has 0 saturated carbocycles. The van der Waals surface area contributed by atoms with Crippen molar-refractivity contribution < 1.29 is 45.0 Å². The summed E-state index contributed by atoms with van der Waals surface area (Å²) >= 11 is 0. The number of benzene rings is 4. The molecule has 39 heavy (non-hydrogen) atoms. The fourth-order valence-corrected chi connectivity index (χ4v) is 5.18. The molecule has 4 aromatic rings. The van der Waals surface area contributed by atoms with E-state index >= 15 is 0 Å². The molecule has 0 aliphatic carbocycles. The smallest absolute Gasteiger partial charge is 1.00 e. The summed E-state index contributed by atoms with van der Waals surface area (Å²) in [6.45, 7) is 5.31. The topological polar surface area (TPSA) is 71.6 Å². The van der Waals surface area contributed by atoms with E-state index in [4.69, 9.17) is 10.1 Å². The molecule has 0 aromatic heterocycles. The monoisotopic (exact) mass is 649 g/mol. The van der Waals surface area contributed by atoms with E-state index in [0.717, 1.165) is 22.3 Å². The minimum absolute atomic E-state index is 0. The van der Waals surface area contributed by atoms with Gasteiger partial charge in [0.2, 0.25) is 0 Å². The molecule has 0 amide bonds. The van der Waals surface area contributed by atoms with Crippen LogP contribution in [0.3, 0.4) is 0 Å². The van der Waals surface area contributed by atoms with Crippen molar-refractivity contribution >= 4 is 10.0 Å². The Kier molecular flexibility index (Phi) is 13.5. The number of hydrogen-bond acceptors (Lipinski definition) is 3. The van der Waals surface area contributed by atoms with Crippen molar-refractivity contribution in [2.24, 2.45) is 0 Å². The Morgan fingerprint density at radius 3 is 1.72 bits per heavy atom. The molecular formula is C31H32ClN2O3RuS. The second-order valence-corrected chi connectivity index (χ2v) is 10.7. The van der Waals surface area contributed by atoms with Crippen LogP contribution in [0, 0.1) is 13.8 Å². The molecule has 0 N–H and O–H groups in total. The van der Waals surface area contributed by atoms with Crippen molar-refractivity contribution in [1.29, 1.82) is 0 Å². The zero-order valence-corrected chi connectivity index (χ0v) is 25.2. The first-order valence-electron chi connectivity index (χ1n) is 12.4. The van der Waals surface area contributed by atoms with Gasteiger partial charge < -0.3 is 27.2 Å². The summed E-state index contributed by atoms with van der Waals surface area (Å²) in [5, 5.41) is 4.92. The van der Waals surface area contributed by atoms with E-state index in [2.05, 4.69) is 35.9 Å². The Labute approximate surface area is 251 Å². The van der Waals surface area contributed by atoms with Gasteiger partial charge in [-0.3, -0.25) is 0 Å². The number of ether oxygens (including phenoxy) is 1. The molecule has 0 saturated heterocycles. The number of rotatable bonds is 12. The largest absolute Gasteiger partial charge is 3.00 e. The van der Waals surface area contributed by atoms with E-state index in [1.54, 1.807) is 24.3 Å². The first-order chi connectivity index (χ1) is 17.9. The van der Waals surface area contributed by atoms with Crippen LogP contribution in [0.2, 0.25) is 0 Å². The summed E-state index contributed by atoms with van der Waals surface area (Å²) in [6, 6.07) is 33.0. The quantitative estimate of drug-likeness (QED) is 0.169. The van der Waals surface area contributed by atoms with Gasteiger partial charge in [-0.05, 0) is 31.5 Å². The third kappa shape index (κ3) is 9.64. The van der Waals surface area contributed by atoms with Gasteiger partial charge in [-0.2, -0.15) is 0 Å². The Bertz CT molecular complexity index is 1350. The molecule has 0 heterocycles. The molecule has 205 valence electrons. The van der Waals surface area contributed by atoms with Gasteiger partial charge in [0, 0.05) is 11.5 Å². The van der Waals surface area contributed by atoms with Gasteiger partial charge in [-0.1, -0.05) is 119 Å². The van der Waals surface area contributed by atoms with E-state index < -0.39 is 22.1 Å². The van der Waals surface area contributed by atoms with Crippen LogP contribution in [0.15, 0.2) is 114 Å². The van der Waals surface area contributed by atoms with Crippen LogP contribution in [-0.2, 0) is 40.8 Å². The molecule has 0 fully saturated rings. The number of hydrogen-bond donors (Lipinski definition) is 0. The Balaban J connectivity index is 0.00000267. The zero-order valence-electron chi connectivity index (χ0n) is 21.9. The van der Waals surface area contributed by atoms with Gasteiger partial charge in [0.05, 0.1) is 6.61 Å². The molecule has 0 unspecified atom stereocenters. The maximum Gasteiger partial charge on any atom is 3.00 e. The Hall–Kier alpha value is -2.38. The predicted octanol–water partition coefficient (Wildman–Crippen LogP) is 4.44. The standard InChI is InChI=1S/C31H32N2O3S.ClH.Ru/c1-24-13-17-26(18-14-24)23-36-22-21-32-30(27-9-5-3-6-10-27)31(28-11-7-4-8-12-28)33-37(34,35)29-19-15-25(2)16-20-29;;/h3-20,30-31H,21-23H2,1-2H3;1H;/q-2;;+3/p-1/t30-,31-;;/m1../s1. The van der Waals surface area contributed by atoms with Gasteiger partial charge >= 0.3 is 19.5 Å². The molecule has 0 aliphatic heterocycles. The van der Waals surface area contributed by atoms with Crippen molar-refractivity contribution in [3.8, 4) is 0 Å². The molecular weight excluding hydrogens is 617 g/mol. The number of aryl methyl sites for hydroxylation is 2. The molecule has 0 aliphatic rings. The molecule has 0 bridgehead atoms. The van der Waals surface area contributed by atoms with Crippen LogP contribution in [0.5, 0.6) is 0 Å². The van der Waals surface area contributed by atoms with Crippen LogP contribution < -0.4 is 12.4 Å². The number of nitrogens with zero attached hydrogens (tertiary/aromatic N) is 2. The normalized spacial score (nSPS) is 12.6. The summed E-state index contributed by atoms with van der Waals surface area (Å²) in [4.78, 5) is 0.173. The number of halogens is 1. The maximum atomic E-state index is 13.4. The second kappa shape index (κ2) is 16.0. The summed E-state index contributed by atoms with van der Waals surface area (Å²) in [5.74, 6) is 0. The Morgan fingerprint density at radius 1 is 0.692 bits per heavy atom. The summed E-state index contributed by atoms with van der Waals surface area (Å²) < 4.78 is 37.1. The van der Waals surface area contributed by atoms with E-state index in [0.29, 0.717) is 19.8 Å². The fourth-order valence-electron chi connectivity index (χ4n) is 4.04. The first kappa shape index (κ1) is 32.8. The molecule has 5 nitrogen and oxygen atoms in total. The van der Waals surface area contributed by atoms with Crippen molar-refractivity contribution in [1.82, 2.24) is 0 Å². The predicted molar refractivity (Wildman–Crippen MR) is 149 cm³/mol. The second-order valence-electron chi connectivity index (χ2n) is 9.05. The van der Waals surface area contributed by atoms with E-state index in [-0.39, 0.29) is 36.8 Å². The van der Waals surface area contributed by atoms with Crippen LogP contribution >= 0.6 is 0 Å². The Morgan fingerprint density at radius 2 is 1.18 bits per heavy atom. The SMILES string of the molecule is Cc1ccc(COCC[N-][C@H](c2ccccc2)[C@H]([N-]S(=O)(=O)c2ccc(C)cc2)c2ccccc2)cc1.[Cl-].[Ru+3]. The summed E-state index contributed by atoms with van der Waals surface area (Å²) in [7, 11) is -3.92. The molecule has 1 radical (unpaired) electrons. The molecule has 2 atom stereocenters. The third-order valence-electron chi connectivity index (χ3n) is 6.10. The molecule has 0 spiro atoms. The fraction of sp³-hybridized carbons (Fsp3) is 0.226. The molecule has 4 rings (SSSR count). The summed E-state index contributed by atoms with van der Waals surface area (Å²) in [5.41, 5.74) is 4.99. The van der Waals surface area contributed by atoms with Crippen LogP contribution in [0.25, 0.3) is 10.0 Å². The van der Waals surface area contributed by atoms with Gasteiger partial charge in [0.1, 0.15) is 10.0 Å². The maximum absolute atomic E-state index is 13.4. The van der Waals surface area contributed by atoms with Crippen molar-refractivity contribution in [2.75, 3.05) is 13.2 Å². The minimum Gasteiger partial charge on any atom is -1.00 e. The summed E-state index contributed by atoms with van der Waals surface area (Å²) in [6.07, 6.45) is 0. The average Bonchev–Trinajstić information content (AvgIpc) is 2.92. The van der Waals surface area contributed by atoms with Gasteiger partial charge in [-0.25, -0.2) is 8.42 Å². The zero-order chi connectivity index (χ0) is 26.1. The minimum atomic E-state index is -3.92.